The number of amides is 7. The number of hydrogen-bond donors (Lipinski definition) is 5. The lowest BCUT2D eigenvalue weighted by atomic mass is 9.94. The molecule has 0 spiro atoms. The molecule has 0 aliphatic carbocycles. The van der Waals surface area contributed by atoms with Crippen LogP contribution < -0.4 is 27.0 Å². The normalized spacial score (nSPS) is 14.9. The Labute approximate surface area is 322 Å². The van der Waals surface area contributed by atoms with Gasteiger partial charge in [0.1, 0.15) is 43.0 Å². The molecule has 0 heterocycles. The smallest absolute Gasteiger partial charge is 0.247 e. The summed E-state index contributed by atoms with van der Waals surface area (Å²) in [6.07, 6.45) is 1.03. The molecule has 0 saturated carbocycles. The highest BCUT2D eigenvalue weighted by Gasteiger charge is 2.41. The van der Waals surface area contributed by atoms with Crippen LogP contribution in [0.25, 0.3) is 0 Å². The molecule has 0 aromatic rings. The lowest BCUT2D eigenvalue weighted by Gasteiger charge is -2.38. The summed E-state index contributed by atoms with van der Waals surface area (Å²) in [6.45, 7) is 17.6. The van der Waals surface area contributed by atoms with E-state index in [1.54, 1.807) is 27.7 Å². The van der Waals surface area contributed by atoms with Crippen molar-refractivity contribution in [2.45, 2.75) is 137 Å². The van der Waals surface area contributed by atoms with Gasteiger partial charge in [0, 0.05) is 54.2 Å². The van der Waals surface area contributed by atoms with Gasteiger partial charge in [0.2, 0.25) is 41.4 Å². The van der Waals surface area contributed by atoms with E-state index in [0.29, 0.717) is 13.0 Å². The minimum Gasteiger partial charge on any atom is -0.357 e. The van der Waals surface area contributed by atoms with E-state index in [1.165, 1.54) is 56.7 Å². The minimum absolute atomic E-state index is 0.0101. The third-order valence-electron chi connectivity index (χ3n) is 9.17. The molecule has 0 aliphatic rings. The van der Waals surface area contributed by atoms with E-state index in [1.807, 2.05) is 27.7 Å². The maximum absolute atomic E-state index is 14.3. The highest BCUT2D eigenvalue weighted by atomic mass is 16.7. The Bertz CT molecular complexity index is 1260. The number of carbonyl (C=O) groups excluding carboxylic acids is 7. The van der Waals surface area contributed by atoms with Crippen molar-refractivity contribution >= 4 is 41.4 Å². The second-order valence-corrected chi connectivity index (χ2v) is 15.1. The van der Waals surface area contributed by atoms with Crippen LogP contribution in [-0.2, 0) is 43.0 Å². The second-order valence-electron chi connectivity index (χ2n) is 15.1. The molecular weight excluding hydrogens is 700 g/mol. The summed E-state index contributed by atoms with van der Waals surface area (Å²) in [6, 6.07) is -6.23. The van der Waals surface area contributed by atoms with Crippen LogP contribution in [0.15, 0.2) is 0 Å². The van der Waals surface area contributed by atoms with Gasteiger partial charge >= 0.3 is 0 Å². The zero-order chi connectivity index (χ0) is 42.1. The van der Waals surface area contributed by atoms with E-state index in [4.69, 9.17) is 15.2 Å². The van der Waals surface area contributed by atoms with Crippen molar-refractivity contribution in [1.82, 2.24) is 36.0 Å². The summed E-state index contributed by atoms with van der Waals surface area (Å²) in [5.74, 6) is -4.12. The number of nitrogens with two attached hydrogens (primary N) is 1. The predicted octanol–water partition coefficient (Wildman–Crippen LogP) is 0.348. The number of nitrogens with zero attached hydrogens (tertiary/aromatic N) is 3. The predicted molar refractivity (Wildman–Crippen MR) is 205 cm³/mol. The topological polar surface area (TPSA) is 222 Å². The Kier molecular flexibility index (Phi) is 22.2. The van der Waals surface area contributed by atoms with Gasteiger partial charge in [0.15, 0.2) is 0 Å². The highest BCUT2D eigenvalue weighted by molar-refractivity contribution is 5.97. The quantitative estimate of drug-likeness (QED) is 0.0670. The summed E-state index contributed by atoms with van der Waals surface area (Å²) in [4.78, 5) is 97.2. The molecule has 312 valence electrons. The molecule has 17 nitrogen and oxygen atoms in total. The fraction of sp³-hybridized carbons (Fsp3) is 0.811. The first-order valence-corrected chi connectivity index (χ1v) is 18.8. The number of carbonyl (C=O) groups is 7. The van der Waals surface area contributed by atoms with Crippen molar-refractivity contribution in [3.05, 3.63) is 0 Å². The van der Waals surface area contributed by atoms with E-state index in [2.05, 4.69) is 21.3 Å². The molecule has 0 aromatic heterocycles. The van der Waals surface area contributed by atoms with Crippen molar-refractivity contribution in [2.75, 3.05) is 48.1 Å². The number of ether oxygens (including phenoxy) is 2. The highest BCUT2D eigenvalue weighted by Crippen LogP contribution is 2.22. The van der Waals surface area contributed by atoms with Gasteiger partial charge in [-0.05, 0) is 59.3 Å². The first-order chi connectivity index (χ1) is 25.0. The number of rotatable bonds is 24. The van der Waals surface area contributed by atoms with Crippen molar-refractivity contribution < 1.29 is 43.0 Å². The molecule has 0 rings (SSSR count). The molecule has 0 aliphatic heterocycles. The van der Waals surface area contributed by atoms with Crippen LogP contribution in [0.2, 0.25) is 0 Å². The summed E-state index contributed by atoms with van der Waals surface area (Å²) >= 11 is 0. The SMILES string of the molecule is CCCC(=O)N(C)[C@H](CN)C(=O)N(C)[C@@H](CC(C)(C)OCOCC)C(=O)N[C@H](C(=O)N(C)[C@@H](CC(C)C)C(=O)N[C@H](C)C(=O)N[C@H](C)C(=O)NC)C(C)C. The zero-order valence-corrected chi connectivity index (χ0v) is 35.2. The van der Waals surface area contributed by atoms with Crippen LogP contribution in [0, 0.1) is 11.8 Å². The van der Waals surface area contributed by atoms with Crippen LogP contribution >= 0.6 is 0 Å². The Morgan fingerprint density at radius 2 is 1.22 bits per heavy atom. The zero-order valence-electron chi connectivity index (χ0n) is 35.2. The molecule has 0 radical (unpaired) electrons. The molecule has 17 heteroatoms. The number of likely N-dealkylation sites (N-methyl/N-ethyl adjacent to an activating group) is 4. The van der Waals surface area contributed by atoms with Gasteiger partial charge in [-0.2, -0.15) is 0 Å². The molecule has 7 amide bonds. The van der Waals surface area contributed by atoms with E-state index >= 15 is 0 Å². The fourth-order valence-electron chi connectivity index (χ4n) is 5.61. The summed E-state index contributed by atoms with van der Waals surface area (Å²) in [5.41, 5.74) is 5.01. The van der Waals surface area contributed by atoms with Crippen molar-refractivity contribution in [2.24, 2.45) is 17.6 Å². The van der Waals surface area contributed by atoms with E-state index in [0.717, 1.165) is 0 Å². The van der Waals surface area contributed by atoms with Crippen molar-refractivity contribution in [1.29, 1.82) is 0 Å². The molecule has 0 aromatic carbocycles. The third-order valence-corrected chi connectivity index (χ3v) is 9.17. The molecular formula is C37H70N8O9. The number of hydrogen-bond acceptors (Lipinski definition) is 10. The van der Waals surface area contributed by atoms with Gasteiger partial charge in [0.25, 0.3) is 0 Å². The van der Waals surface area contributed by atoms with Crippen LogP contribution in [0.4, 0.5) is 0 Å². The largest absolute Gasteiger partial charge is 0.357 e. The van der Waals surface area contributed by atoms with Gasteiger partial charge in [-0.15, -0.1) is 0 Å². The van der Waals surface area contributed by atoms with Gasteiger partial charge in [0.05, 0.1) is 5.60 Å². The second kappa shape index (κ2) is 23.8. The maximum atomic E-state index is 14.3. The Hall–Kier alpha value is -3.83. The third kappa shape index (κ3) is 15.9. The lowest BCUT2D eigenvalue weighted by Crippen LogP contribution is -2.62. The standard InChI is InChI=1S/C37H70N8O9/c1-15-17-29(46)43(12)28(20-38)35(51)45(14)27(19-37(9,10)54-21-53-16-2)34(50)42-30(23(5)6)36(52)44(13)26(18-22(3)4)33(49)41-25(8)32(48)40-24(7)31(47)39-11/h22-28,30H,15-21,38H2,1-14H3,(H,39,47)(H,40,48)(H,41,49)(H,42,50)/t24-,25-,26+,27+,28-,30+/m1/s1. The Balaban J connectivity index is 6.57. The van der Waals surface area contributed by atoms with E-state index < -0.39 is 83.2 Å². The van der Waals surface area contributed by atoms with Crippen LogP contribution in [0.5, 0.6) is 0 Å². The van der Waals surface area contributed by atoms with Gasteiger partial charge in [-0.3, -0.25) is 33.6 Å². The average molecular weight is 771 g/mol. The molecule has 0 unspecified atom stereocenters. The maximum Gasteiger partial charge on any atom is 0.247 e. The van der Waals surface area contributed by atoms with Crippen LogP contribution in [0.1, 0.15) is 94.9 Å². The Morgan fingerprint density at radius 3 is 1.70 bits per heavy atom. The van der Waals surface area contributed by atoms with Gasteiger partial charge in [-0.1, -0.05) is 34.6 Å². The number of nitrogens with one attached hydrogen (secondary N) is 4. The van der Waals surface area contributed by atoms with Crippen LogP contribution in [0.3, 0.4) is 0 Å². The monoisotopic (exact) mass is 771 g/mol. The molecule has 54 heavy (non-hydrogen) atoms. The van der Waals surface area contributed by atoms with Crippen LogP contribution in [-0.4, -0.2) is 146 Å². The van der Waals surface area contributed by atoms with Gasteiger partial charge in [-0.25, -0.2) is 0 Å². The molecule has 6 N–H and O–H groups in total. The van der Waals surface area contributed by atoms with Crippen molar-refractivity contribution in [3.63, 3.8) is 0 Å². The lowest BCUT2D eigenvalue weighted by molar-refractivity contribution is -0.155. The molecule has 0 saturated heterocycles. The first kappa shape index (κ1) is 50.2. The minimum atomic E-state index is -1.18. The fourth-order valence-corrected chi connectivity index (χ4v) is 5.61. The molecule has 0 bridgehead atoms. The Morgan fingerprint density at radius 1 is 0.704 bits per heavy atom. The summed E-state index contributed by atoms with van der Waals surface area (Å²) < 4.78 is 11.3. The summed E-state index contributed by atoms with van der Waals surface area (Å²) in [7, 11) is 5.84. The van der Waals surface area contributed by atoms with Gasteiger partial charge < -0.3 is 51.2 Å². The first-order valence-electron chi connectivity index (χ1n) is 18.8. The van der Waals surface area contributed by atoms with Crippen molar-refractivity contribution in [3.8, 4) is 0 Å². The average Bonchev–Trinajstić information content (AvgIpc) is 3.10. The van der Waals surface area contributed by atoms with E-state index in [9.17, 15) is 33.6 Å². The molecule has 6 atom stereocenters. The molecule has 0 fully saturated rings. The summed E-state index contributed by atoms with van der Waals surface area (Å²) in [5, 5.41) is 10.5. The van der Waals surface area contributed by atoms with E-state index in [-0.39, 0.29) is 44.4 Å².